The Labute approximate surface area is 71.2 Å². The van der Waals surface area contributed by atoms with Gasteiger partial charge in [0.25, 0.3) is 0 Å². The van der Waals surface area contributed by atoms with Gasteiger partial charge in [0.1, 0.15) is 0 Å². The zero-order valence-electron chi connectivity index (χ0n) is 5.83. The molecule has 0 bridgehead atoms. The number of hydrogen-bond donors (Lipinski definition) is 1. The zero-order valence-corrected chi connectivity index (χ0v) is 7.47. The second-order valence-corrected chi connectivity index (χ2v) is 4.06. The molecule has 1 N–H and O–H groups in total. The van der Waals surface area contributed by atoms with Gasteiger partial charge in [-0.15, -0.1) is 18.2 Å². The SMILES string of the molecule is C#CC(CCO)SC(C)=S. The standard InChI is InChI=1S/C7H10OS2/c1-3-7(4-5-8)10-6(2)9/h1,7-8H,4-5H2,2H3. The van der Waals surface area contributed by atoms with Gasteiger partial charge < -0.3 is 5.11 Å². The van der Waals surface area contributed by atoms with E-state index in [-0.39, 0.29) is 11.9 Å². The van der Waals surface area contributed by atoms with Crippen molar-refractivity contribution in [1.82, 2.24) is 0 Å². The second-order valence-electron chi connectivity index (χ2n) is 1.78. The maximum Gasteiger partial charge on any atom is 0.0728 e. The Morgan fingerprint density at radius 1 is 1.90 bits per heavy atom. The summed E-state index contributed by atoms with van der Waals surface area (Å²) in [7, 11) is 0. The average molecular weight is 174 g/mol. The summed E-state index contributed by atoms with van der Waals surface area (Å²) >= 11 is 6.30. The van der Waals surface area contributed by atoms with Crippen molar-refractivity contribution in [2.45, 2.75) is 18.6 Å². The van der Waals surface area contributed by atoms with Gasteiger partial charge >= 0.3 is 0 Å². The zero-order chi connectivity index (χ0) is 7.98. The van der Waals surface area contributed by atoms with Gasteiger partial charge in [0.15, 0.2) is 0 Å². The Morgan fingerprint density at radius 3 is 2.80 bits per heavy atom. The molecule has 0 heterocycles. The third-order valence-electron chi connectivity index (χ3n) is 0.885. The molecule has 0 aliphatic heterocycles. The van der Waals surface area contributed by atoms with Crippen LogP contribution in [-0.4, -0.2) is 21.2 Å². The summed E-state index contributed by atoms with van der Waals surface area (Å²) in [6, 6.07) is 0. The van der Waals surface area contributed by atoms with Gasteiger partial charge in [0.2, 0.25) is 0 Å². The van der Waals surface area contributed by atoms with Crippen LogP contribution in [0.2, 0.25) is 0 Å². The molecule has 0 saturated heterocycles. The molecule has 0 rings (SSSR count). The van der Waals surface area contributed by atoms with Gasteiger partial charge in [0, 0.05) is 10.8 Å². The van der Waals surface area contributed by atoms with Crippen LogP contribution < -0.4 is 0 Å². The lowest BCUT2D eigenvalue weighted by Crippen LogP contribution is -2.03. The van der Waals surface area contributed by atoms with Crippen molar-refractivity contribution in [3.63, 3.8) is 0 Å². The molecule has 1 unspecified atom stereocenters. The Morgan fingerprint density at radius 2 is 2.50 bits per heavy atom. The van der Waals surface area contributed by atoms with E-state index in [1.165, 1.54) is 11.8 Å². The molecule has 0 aliphatic carbocycles. The van der Waals surface area contributed by atoms with E-state index in [9.17, 15) is 0 Å². The first-order valence-electron chi connectivity index (χ1n) is 2.95. The van der Waals surface area contributed by atoms with E-state index >= 15 is 0 Å². The third-order valence-corrected chi connectivity index (χ3v) is 2.16. The number of thiocarbonyl (C=S) groups is 1. The third kappa shape index (κ3) is 4.80. The summed E-state index contributed by atoms with van der Waals surface area (Å²) in [6.45, 7) is 1.96. The van der Waals surface area contributed by atoms with E-state index in [0.717, 1.165) is 4.20 Å². The Balaban J connectivity index is 3.63. The van der Waals surface area contributed by atoms with Crippen LogP contribution in [0.5, 0.6) is 0 Å². The monoisotopic (exact) mass is 174 g/mol. The number of hydrogen-bond acceptors (Lipinski definition) is 3. The van der Waals surface area contributed by atoms with E-state index in [1.807, 2.05) is 6.92 Å². The highest BCUT2D eigenvalue weighted by atomic mass is 32.2. The van der Waals surface area contributed by atoms with Crippen molar-refractivity contribution in [2.24, 2.45) is 0 Å². The summed E-state index contributed by atoms with van der Waals surface area (Å²) in [5.74, 6) is 2.55. The smallest absolute Gasteiger partial charge is 0.0728 e. The lowest BCUT2D eigenvalue weighted by molar-refractivity contribution is 0.292. The normalized spacial score (nSPS) is 12.1. The summed E-state index contributed by atoms with van der Waals surface area (Å²) in [5.41, 5.74) is 0. The molecule has 0 fully saturated rings. The average Bonchev–Trinajstić information content (AvgIpc) is 1.86. The fourth-order valence-electron chi connectivity index (χ4n) is 0.494. The fourth-order valence-corrected chi connectivity index (χ4v) is 1.53. The predicted octanol–water partition coefficient (Wildman–Crippen LogP) is 1.45. The fraction of sp³-hybridized carbons (Fsp3) is 0.571. The van der Waals surface area contributed by atoms with Crippen LogP contribution in [-0.2, 0) is 0 Å². The molecular weight excluding hydrogens is 164 g/mol. The minimum absolute atomic E-state index is 0.0440. The van der Waals surface area contributed by atoms with Crippen LogP contribution in [0.15, 0.2) is 0 Å². The van der Waals surface area contributed by atoms with Crippen LogP contribution >= 0.6 is 24.0 Å². The lowest BCUT2D eigenvalue weighted by Gasteiger charge is -2.05. The maximum atomic E-state index is 8.53. The Kier molecular flexibility index (Phi) is 5.70. The minimum Gasteiger partial charge on any atom is -0.396 e. The lowest BCUT2D eigenvalue weighted by atomic mass is 10.3. The topological polar surface area (TPSA) is 20.2 Å². The molecule has 0 aromatic heterocycles. The van der Waals surface area contributed by atoms with Crippen LogP contribution in [0.1, 0.15) is 13.3 Å². The molecule has 0 radical (unpaired) electrons. The molecule has 0 aromatic rings. The number of aliphatic hydroxyl groups is 1. The molecule has 0 spiro atoms. The first kappa shape index (κ1) is 9.96. The number of aliphatic hydroxyl groups excluding tert-OH is 1. The number of rotatable bonds is 3. The highest BCUT2D eigenvalue weighted by molar-refractivity contribution is 8.23. The van der Waals surface area contributed by atoms with Crippen molar-refractivity contribution in [3.8, 4) is 12.3 Å². The number of thioether (sulfide) groups is 1. The van der Waals surface area contributed by atoms with Gasteiger partial charge in [-0.05, 0) is 13.3 Å². The van der Waals surface area contributed by atoms with Gasteiger partial charge in [-0.3, -0.25) is 0 Å². The summed E-state index contributed by atoms with van der Waals surface area (Å²) in [5, 5.41) is 8.57. The van der Waals surface area contributed by atoms with E-state index in [1.54, 1.807) is 0 Å². The Bertz CT molecular complexity index is 148. The minimum atomic E-state index is 0.0440. The molecule has 3 heteroatoms. The maximum absolute atomic E-state index is 8.53. The molecule has 0 amide bonds. The van der Waals surface area contributed by atoms with Crippen molar-refractivity contribution >= 4 is 28.2 Å². The van der Waals surface area contributed by atoms with Crippen molar-refractivity contribution in [1.29, 1.82) is 0 Å². The van der Waals surface area contributed by atoms with Gasteiger partial charge in [-0.1, -0.05) is 18.1 Å². The first-order valence-corrected chi connectivity index (χ1v) is 4.23. The molecule has 0 aromatic carbocycles. The van der Waals surface area contributed by atoms with E-state index < -0.39 is 0 Å². The number of terminal acetylenes is 1. The van der Waals surface area contributed by atoms with E-state index in [2.05, 4.69) is 5.92 Å². The molecule has 0 aliphatic rings. The van der Waals surface area contributed by atoms with Gasteiger partial charge in [-0.25, -0.2) is 0 Å². The van der Waals surface area contributed by atoms with Crippen LogP contribution in [0.3, 0.4) is 0 Å². The molecule has 56 valence electrons. The van der Waals surface area contributed by atoms with Crippen LogP contribution in [0.4, 0.5) is 0 Å². The van der Waals surface area contributed by atoms with Gasteiger partial charge in [0.05, 0.1) is 5.25 Å². The second kappa shape index (κ2) is 5.72. The summed E-state index contributed by atoms with van der Waals surface area (Å²) < 4.78 is 0.830. The predicted molar refractivity (Wildman–Crippen MR) is 50.2 cm³/mol. The van der Waals surface area contributed by atoms with Crippen LogP contribution in [0, 0.1) is 12.3 Å². The van der Waals surface area contributed by atoms with Crippen molar-refractivity contribution in [3.05, 3.63) is 0 Å². The molecule has 10 heavy (non-hydrogen) atoms. The van der Waals surface area contributed by atoms with E-state index in [4.69, 9.17) is 23.7 Å². The largest absolute Gasteiger partial charge is 0.396 e. The van der Waals surface area contributed by atoms with Crippen LogP contribution in [0.25, 0.3) is 0 Å². The highest BCUT2D eigenvalue weighted by Gasteiger charge is 2.04. The molecular formula is C7H10OS2. The molecule has 1 atom stereocenters. The van der Waals surface area contributed by atoms with E-state index in [0.29, 0.717) is 6.42 Å². The summed E-state index contributed by atoms with van der Waals surface area (Å²) in [4.78, 5) is 0. The summed E-state index contributed by atoms with van der Waals surface area (Å²) in [6.07, 6.45) is 5.79. The van der Waals surface area contributed by atoms with Crippen molar-refractivity contribution in [2.75, 3.05) is 6.61 Å². The molecule has 1 nitrogen and oxygen atoms in total. The first-order chi connectivity index (χ1) is 4.70. The van der Waals surface area contributed by atoms with Crippen molar-refractivity contribution < 1.29 is 5.11 Å². The highest BCUT2D eigenvalue weighted by Crippen LogP contribution is 2.14. The Hall–Kier alpha value is -0.0400. The van der Waals surface area contributed by atoms with Gasteiger partial charge in [-0.2, -0.15) is 0 Å². The quantitative estimate of drug-likeness (QED) is 0.516. The molecule has 0 saturated carbocycles.